The van der Waals surface area contributed by atoms with Crippen molar-refractivity contribution < 1.29 is 0 Å². The third kappa shape index (κ3) is 6.78. The number of fused-ring (bicyclic) bond motifs is 3. The Morgan fingerprint density at radius 3 is 1.43 bits per heavy atom. The number of aromatic nitrogens is 1. The molecule has 0 saturated heterocycles. The third-order valence-electron chi connectivity index (χ3n) is 7.55. The van der Waals surface area contributed by atoms with Gasteiger partial charge in [-0.2, -0.15) is 0 Å². The summed E-state index contributed by atoms with van der Waals surface area (Å²) in [5, 5.41) is 2.83. The molecule has 0 amide bonds. The van der Waals surface area contributed by atoms with E-state index in [1.807, 2.05) is 0 Å². The van der Waals surface area contributed by atoms with E-state index in [1.165, 1.54) is 129 Å². The molecule has 0 aliphatic heterocycles. The fraction of sp³-hybridized carbons (Fsp3) is 0.471. The van der Waals surface area contributed by atoms with Crippen molar-refractivity contribution in [1.82, 2.24) is 4.57 Å². The van der Waals surface area contributed by atoms with Gasteiger partial charge >= 0.3 is 0 Å². The third-order valence-corrected chi connectivity index (χ3v) is 7.55. The summed E-state index contributed by atoms with van der Waals surface area (Å²) in [5.41, 5.74) is 6.88. The zero-order valence-electron chi connectivity index (χ0n) is 22.2. The van der Waals surface area contributed by atoms with Gasteiger partial charge in [0.15, 0.2) is 0 Å². The Kier molecular flexibility index (Phi) is 9.87. The molecule has 3 aromatic carbocycles. The van der Waals surface area contributed by atoms with Crippen molar-refractivity contribution in [2.45, 2.75) is 104 Å². The van der Waals surface area contributed by atoms with Gasteiger partial charge in [-0.15, -0.1) is 0 Å². The van der Waals surface area contributed by atoms with Crippen molar-refractivity contribution >= 4 is 21.8 Å². The zero-order valence-corrected chi connectivity index (χ0v) is 22.2. The van der Waals surface area contributed by atoms with Crippen molar-refractivity contribution in [2.24, 2.45) is 0 Å². The molecule has 1 aromatic heterocycles. The first-order valence-corrected chi connectivity index (χ1v) is 14.4. The van der Waals surface area contributed by atoms with E-state index < -0.39 is 0 Å². The molecular weight excluding hydrogens is 422 g/mol. The van der Waals surface area contributed by atoms with Gasteiger partial charge in [-0.25, -0.2) is 0 Å². The molecule has 1 heteroatoms. The van der Waals surface area contributed by atoms with Gasteiger partial charge in [-0.05, 0) is 73.2 Å². The Hall–Kier alpha value is -2.54. The van der Waals surface area contributed by atoms with Gasteiger partial charge in [0.1, 0.15) is 0 Å². The molecule has 0 atom stereocenters. The second-order valence-corrected chi connectivity index (χ2v) is 10.4. The minimum Gasteiger partial charge on any atom is -0.309 e. The summed E-state index contributed by atoms with van der Waals surface area (Å²) in [6.45, 7) is 4.58. The summed E-state index contributed by atoms with van der Waals surface area (Å²) in [6, 6.07) is 25.3. The standard InChI is InChI=1S/C34H45N/c1-3-5-7-9-11-14-18-28-22-24-33-31(26-28)32-27-29(19-15-12-10-8-6-4-2)23-25-34(32)35(33)30-20-16-13-17-21-30/h13,16-17,20-27H,3-12,14-15,18-19H2,1-2H3. The molecule has 35 heavy (non-hydrogen) atoms. The lowest BCUT2D eigenvalue weighted by atomic mass is 10.0. The number of benzene rings is 3. The molecule has 0 spiro atoms. The Labute approximate surface area is 213 Å². The molecule has 0 fully saturated rings. The lowest BCUT2D eigenvalue weighted by Gasteiger charge is -2.08. The summed E-state index contributed by atoms with van der Waals surface area (Å²) >= 11 is 0. The summed E-state index contributed by atoms with van der Waals surface area (Å²) < 4.78 is 2.45. The van der Waals surface area contributed by atoms with E-state index in [0.29, 0.717) is 0 Å². The molecule has 0 aliphatic carbocycles. The second-order valence-electron chi connectivity index (χ2n) is 10.4. The number of para-hydroxylation sites is 1. The Bertz CT molecular complexity index is 1090. The van der Waals surface area contributed by atoms with Crippen LogP contribution in [0.4, 0.5) is 0 Å². The van der Waals surface area contributed by atoms with Gasteiger partial charge in [0.25, 0.3) is 0 Å². The highest BCUT2D eigenvalue weighted by Gasteiger charge is 2.13. The summed E-state index contributed by atoms with van der Waals surface area (Å²) in [7, 11) is 0. The molecule has 0 radical (unpaired) electrons. The number of hydrogen-bond donors (Lipinski definition) is 0. The van der Waals surface area contributed by atoms with Crippen LogP contribution < -0.4 is 0 Å². The first-order valence-electron chi connectivity index (χ1n) is 14.4. The topological polar surface area (TPSA) is 4.93 Å². The van der Waals surface area contributed by atoms with E-state index in [-0.39, 0.29) is 0 Å². The Balaban J connectivity index is 1.58. The van der Waals surface area contributed by atoms with E-state index in [2.05, 4.69) is 85.1 Å². The number of nitrogens with zero attached hydrogens (tertiary/aromatic N) is 1. The average Bonchev–Trinajstić information content (AvgIpc) is 3.22. The fourth-order valence-corrected chi connectivity index (χ4v) is 5.50. The maximum atomic E-state index is 2.48. The number of hydrogen-bond acceptors (Lipinski definition) is 0. The molecule has 0 unspecified atom stereocenters. The Morgan fingerprint density at radius 2 is 0.943 bits per heavy atom. The lowest BCUT2D eigenvalue weighted by molar-refractivity contribution is 0.607. The normalized spacial score (nSPS) is 11.6. The van der Waals surface area contributed by atoms with Crippen molar-refractivity contribution in [3.63, 3.8) is 0 Å². The minimum atomic E-state index is 1.19. The molecule has 4 aromatic rings. The highest BCUT2D eigenvalue weighted by molar-refractivity contribution is 6.09. The average molecular weight is 468 g/mol. The minimum absolute atomic E-state index is 1.19. The van der Waals surface area contributed by atoms with Crippen LogP contribution in [0.5, 0.6) is 0 Å². The first kappa shape index (κ1) is 25.5. The maximum Gasteiger partial charge on any atom is 0.0541 e. The molecule has 0 bridgehead atoms. The van der Waals surface area contributed by atoms with E-state index >= 15 is 0 Å². The van der Waals surface area contributed by atoms with Gasteiger partial charge in [0.05, 0.1) is 11.0 Å². The van der Waals surface area contributed by atoms with E-state index in [0.717, 1.165) is 0 Å². The van der Waals surface area contributed by atoms with Crippen LogP contribution in [0.25, 0.3) is 27.5 Å². The maximum absolute atomic E-state index is 2.48. The molecule has 1 nitrogen and oxygen atoms in total. The van der Waals surface area contributed by atoms with Crippen LogP contribution in [-0.2, 0) is 12.8 Å². The number of aryl methyl sites for hydroxylation is 2. The summed E-state index contributed by atoms with van der Waals surface area (Å²) in [4.78, 5) is 0. The van der Waals surface area contributed by atoms with Crippen LogP contribution in [0, 0.1) is 0 Å². The predicted octanol–water partition coefficient (Wildman–Crippen LogP) is 10.6. The zero-order chi connectivity index (χ0) is 24.3. The van der Waals surface area contributed by atoms with Crippen LogP contribution in [0.2, 0.25) is 0 Å². The van der Waals surface area contributed by atoms with Crippen molar-refractivity contribution in [2.75, 3.05) is 0 Å². The van der Waals surface area contributed by atoms with Gasteiger partial charge in [0, 0.05) is 16.5 Å². The molecule has 186 valence electrons. The van der Waals surface area contributed by atoms with Gasteiger partial charge in [-0.3, -0.25) is 0 Å². The van der Waals surface area contributed by atoms with E-state index in [1.54, 1.807) is 0 Å². The van der Waals surface area contributed by atoms with Gasteiger partial charge in [-0.1, -0.05) is 108 Å². The predicted molar refractivity (Wildman–Crippen MR) is 155 cm³/mol. The lowest BCUT2D eigenvalue weighted by Crippen LogP contribution is -1.94. The van der Waals surface area contributed by atoms with Crippen LogP contribution in [-0.4, -0.2) is 4.57 Å². The second kappa shape index (κ2) is 13.5. The van der Waals surface area contributed by atoms with Crippen LogP contribution in [0.3, 0.4) is 0 Å². The highest BCUT2D eigenvalue weighted by Crippen LogP contribution is 2.34. The number of unbranched alkanes of at least 4 members (excludes halogenated alkanes) is 10. The van der Waals surface area contributed by atoms with Crippen molar-refractivity contribution in [1.29, 1.82) is 0 Å². The van der Waals surface area contributed by atoms with E-state index in [4.69, 9.17) is 0 Å². The molecule has 4 rings (SSSR count). The first-order chi connectivity index (χ1) is 17.3. The summed E-state index contributed by atoms with van der Waals surface area (Å²) in [6.07, 6.45) is 18.6. The fourth-order valence-electron chi connectivity index (χ4n) is 5.50. The SMILES string of the molecule is CCCCCCCCc1ccc2c(c1)c1cc(CCCCCCCC)ccc1n2-c1ccccc1. The van der Waals surface area contributed by atoms with E-state index in [9.17, 15) is 0 Å². The largest absolute Gasteiger partial charge is 0.309 e. The molecule has 1 heterocycles. The molecule has 0 N–H and O–H groups in total. The van der Waals surface area contributed by atoms with Gasteiger partial charge < -0.3 is 4.57 Å². The quantitative estimate of drug-likeness (QED) is 0.153. The van der Waals surface area contributed by atoms with Crippen LogP contribution >= 0.6 is 0 Å². The smallest absolute Gasteiger partial charge is 0.0541 e. The van der Waals surface area contributed by atoms with Crippen LogP contribution in [0.15, 0.2) is 66.7 Å². The Morgan fingerprint density at radius 1 is 0.486 bits per heavy atom. The molecular formula is C34H45N. The van der Waals surface area contributed by atoms with Gasteiger partial charge in [0.2, 0.25) is 0 Å². The monoisotopic (exact) mass is 467 g/mol. The molecule has 0 aliphatic rings. The highest BCUT2D eigenvalue weighted by atomic mass is 15.0. The molecule has 0 saturated carbocycles. The van der Waals surface area contributed by atoms with Crippen molar-refractivity contribution in [3.8, 4) is 5.69 Å². The van der Waals surface area contributed by atoms with Crippen LogP contribution in [0.1, 0.15) is 102 Å². The summed E-state index contributed by atoms with van der Waals surface area (Å²) in [5.74, 6) is 0. The number of rotatable bonds is 15. The van der Waals surface area contributed by atoms with Crippen molar-refractivity contribution in [3.05, 3.63) is 77.9 Å².